The van der Waals surface area contributed by atoms with Crippen LogP contribution in [0.25, 0.3) is 0 Å². The first kappa shape index (κ1) is 24.1. The molecule has 33 heavy (non-hydrogen) atoms. The summed E-state index contributed by atoms with van der Waals surface area (Å²) in [5, 5.41) is 9.06. The van der Waals surface area contributed by atoms with E-state index in [9.17, 15) is 4.79 Å². The average molecular weight is 451 g/mol. The lowest BCUT2D eigenvalue weighted by Crippen LogP contribution is -2.24. The van der Waals surface area contributed by atoms with Gasteiger partial charge in [-0.2, -0.15) is 0 Å². The van der Waals surface area contributed by atoms with Crippen molar-refractivity contribution in [2.75, 3.05) is 26.9 Å². The van der Waals surface area contributed by atoms with Crippen LogP contribution >= 0.6 is 0 Å². The molecule has 3 aromatic carbocycles. The molecule has 0 bridgehead atoms. The number of benzene rings is 3. The summed E-state index contributed by atoms with van der Waals surface area (Å²) in [6, 6.07) is 25.3. The zero-order valence-electron chi connectivity index (χ0n) is 18.8. The van der Waals surface area contributed by atoms with Crippen LogP contribution in [0.2, 0.25) is 0 Å². The summed E-state index contributed by atoms with van der Waals surface area (Å²) < 4.78 is 22.3. The summed E-state index contributed by atoms with van der Waals surface area (Å²) in [7, 11) is 1.40. The molecule has 0 heterocycles. The van der Waals surface area contributed by atoms with E-state index in [4.69, 9.17) is 24.1 Å². The molecule has 0 radical (unpaired) electrons. The average Bonchev–Trinajstić information content (AvgIpc) is 2.84. The number of rotatable bonds is 14. The van der Waals surface area contributed by atoms with Gasteiger partial charge in [0.25, 0.3) is 0 Å². The molecule has 0 saturated heterocycles. The van der Waals surface area contributed by atoms with Gasteiger partial charge in [0.15, 0.2) is 6.10 Å². The Bertz CT molecular complexity index is 954. The van der Waals surface area contributed by atoms with Gasteiger partial charge in [0.05, 0.1) is 19.8 Å². The number of carboxylic acid groups (broad SMARTS) is 1. The zero-order chi connectivity index (χ0) is 23.3. The van der Waals surface area contributed by atoms with Crippen molar-refractivity contribution in [3.63, 3.8) is 0 Å². The van der Waals surface area contributed by atoms with E-state index in [-0.39, 0.29) is 0 Å². The molecule has 0 fully saturated rings. The van der Waals surface area contributed by atoms with E-state index >= 15 is 0 Å². The van der Waals surface area contributed by atoms with Gasteiger partial charge in [-0.3, -0.25) is 0 Å². The highest BCUT2D eigenvalue weighted by atomic mass is 16.5. The Morgan fingerprint density at radius 1 is 0.727 bits per heavy atom. The van der Waals surface area contributed by atoms with E-state index in [0.29, 0.717) is 26.2 Å². The standard InChI is InChI=1S/C27H30O6/c1-30-26(27(28)29)20-22-8-10-23(11-9-22)31-17-5-18-32-24-12-14-25(15-13-24)33-19-16-21-6-3-2-4-7-21/h2-4,6-15,26H,5,16-20H2,1H3,(H,28,29)/t26-/m0/s1. The molecule has 0 aliphatic rings. The Balaban J connectivity index is 1.30. The van der Waals surface area contributed by atoms with Crippen molar-refractivity contribution in [3.05, 3.63) is 90.0 Å². The molecule has 0 saturated carbocycles. The second kappa shape index (κ2) is 13.1. The number of carbonyl (C=O) groups is 1. The molecule has 6 nitrogen and oxygen atoms in total. The highest BCUT2D eigenvalue weighted by Gasteiger charge is 2.16. The highest BCUT2D eigenvalue weighted by Crippen LogP contribution is 2.18. The third-order valence-electron chi connectivity index (χ3n) is 5.06. The predicted octanol–water partition coefficient (Wildman–Crippen LogP) is 4.80. The molecule has 3 aromatic rings. The van der Waals surface area contributed by atoms with Crippen molar-refractivity contribution in [2.24, 2.45) is 0 Å². The van der Waals surface area contributed by atoms with Crippen LogP contribution in [0.1, 0.15) is 17.5 Å². The number of carboxylic acids is 1. The summed E-state index contributed by atoms with van der Waals surface area (Å²) in [4.78, 5) is 11.0. The van der Waals surface area contributed by atoms with Crippen molar-refractivity contribution in [2.45, 2.75) is 25.4 Å². The maximum atomic E-state index is 11.0. The first-order valence-electron chi connectivity index (χ1n) is 11.0. The Labute approximate surface area is 194 Å². The highest BCUT2D eigenvalue weighted by molar-refractivity contribution is 5.72. The zero-order valence-corrected chi connectivity index (χ0v) is 18.8. The third kappa shape index (κ3) is 8.50. The molecule has 0 aromatic heterocycles. The van der Waals surface area contributed by atoms with Crippen molar-refractivity contribution >= 4 is 5.97 Å². The fourth-order valence-electron chi connectivity index (χ4n) is 3.21. The van der Waals surface area contributed by atoms with E-state index in [0.717, 1.165) is 35.7 Å². The molecular formula is C27H30O6. The molecule has 1 atom stereocenters. The monoisotopic (exact) mass is 450 g/mol. The lowest BCUT2D eigenvalue weighted by atomic mass is 10.1. The molecule has 0 unspecified atom stereocenters. The second-order valence-electron chi connectivity index (χ2n) is 7.52. The van der Waals surface area contributed by atoms with Crippen molar-refractivity contribution in [3.8, 4) is 17.2 Å². The normalized spacial score (nSPS) is 11.5. The maximum absolute atomic E-state index is 11.0. The minimum atomic E-state index is -0.969. The fraction of sp³-hybridized carbons (Fsp3) is 0.296. The Hall–Kier alpha value is -3.51. The van der Waals surface area contributed by atoms with Crippen LogP contribution in [-0.2, 0) is 22.4 Å². The van der Waals surface area contributed by atoms with E-state index in [2.05, 4.69) is 12.1 Å². The van der Waals surface area contributed by atoms with Gasteiger partial charge in [-0.05, 0) is 47.5 Å². The molecular weight excluding hydrogens is 420 g/mol. The number of aliphatic carboxylic acids is 1. The van der Waals surface area contributed by atoms with E-state index in [1.54, 1.807) is 0 Å². The van der Waals surface area contributed by atoms with E-state index < -0.39 is 12.1 Å². The quantitative estimate of drug-likeness (QED) is 0.356. The van der Waals surface area contributed by atoms with Gasteiger partial charge >= 0.3 is 5.97 Å². The Kier molecular flexibility index (Phi) is 9.61. The summed E-state index contributed by atoms with van der Waals surface area (Å²) in [6.07, 6.45) is 1.08. The number of ether oxygens (including phenoxy) is 4. The largest absolute Gasteiger partial charge is 0.493 e. The first-order valence-corrected chi connectivity index (χ1v) is 11.0. The summed E-state index contributed by atoms with van der Waals surface area (Å²) in [5.41, 5.74) is 2.14. The molecule has 0 aliphatic carbocycles. The summed E-state index contributed by atoms with van der Waals surface area (Å²) in [5.74, 6) is 1.38. The van der Waals surface area contributed by atoms with Crippen LogP contribution in [0.5, 0.6) is 17.2 Å². The summed E-state index contributed by atoms with van der Waals surface area (Å²) >= 11 is 0. The second-order valence-corrected chi connectivity index (χ2v) is 7.52. The molecule has 3 rings (SSSR count). The van der Waals surface area contributed by atoms with E-state index in [1.807, 2.05) is 66.7 Å². The fourth-order valence-corrected chi connectivity index (χ4v) is 3.21. The van der Waals surface area contributed by atoms with Crippen molar-refractivity contribution < 1.29 is 28.8 Å². The van der Waals surface area contributed by atoms with Crippen LogP contribution in [0.4, 0.5) is 0 Å². The van der Waals surface area contributed by atoms with Gasteiger partial charge in [0.1, 0.15) is 17.2 Å². The Morgan fingerprint density at radius 3 is 1.76 bits per heavy atom. The van der Waals surface area contributed by atoms with Gasteiger partial charge in [0, 0.05) is 26.4 Å². The number of hydrogen-bond acceptors (Lipinski definition) is 5. The van der Waals surface area contributed by atoms with Gasteiger partial charge in [0.2, 0.25) is 0 Å². The third-order valence-corrected chi connectivity index (χ3v) is 5.06. The van der Waals surface area contributed by atoms with Crippen LogP contribution in [0.3, 0.4) is 0 Å². The minimum absolute atomic E-state index is 0.316. The molecule has 0 amide bonds. The molecule has 6 heteroatoms. The van der Waals surface area contributed by atoms with E-state index in [1.165, 1.54) is 12.7 Å². The topological polar surface area (TPSA) is 74.2 Å². The minimum Gasteiger partial charge on any atom is -0.493 e. The van der Waals surface area contributed by atoms with Crippen LogP contribution < -0.4 is 14.2 Å². The van der Waals surface area contributed by atoms with Crippen LogP contribution in [0, 0.1) is 0 Å². The van der Waals surface area contributed by atoms with Crippen molar-refractivity contribution in [1.82, 2.24) is 0 Å². The predicted molar refractivity (Wildman–Crippen MR) is 126 cm³/mol. The van der Waals surface area contributed by atoms with Crippen LogP contribution in [0.15, 0.2) is 78.9 Å². The van der Waals surface area contributed by atoms with Gasteiger partial charge in [-0.1, -0.05) is 42.5 Å². The molecule has 174 valence electrons. The van der Waals surface area contributed by atoms with Gasteiger partial charge < -0.3 is 24.1 Å². The molecule has 1 N–H and O–H groups in total. The lowest BCUT2D eigenvalue weighted by molar-refractivity contribution is -0.148. The van der Waals surface area contributed by atoms with Gasteiger partial charge in [-0.15, -0.1) is 0 Å². The lowest BCUT2D eigenvalue weighted by Gasteiger charge is -2.11. The number of hydrogen-bond donors (Lipinski definition) is 1. The van der Waals surface area contributed by atoms with Crippen LogP contribution in [-0.4, -0.2) is 44.1 Å². The SMILES string of the molecule is CO[C@@H](Cc1ccc(OCCCOc2ccc(OCCc3ccccc3)cc2)cc1)C(=O)O. The molecule has 0 spiro atoms. The maximum Gasteiger partial charge on any atom is 0.333 e. The van der Waals surface area contributed by atoms with Crippen molar-refractivity contribution in [1.29, 1.82) is 0 Å². The Morgan fingerprint density at radius 2 is 1.24 bits per heavy atom. The molecule has 0 aliphatic heterocycles. The first-order chi connectivity index (χ1) is 16.1. The summed E-state index contributed by atoms with van der Waals surface area (Å²) in [6.45, 7) is 1.70. The number of methoxy groups -OCH3 is 1. The van der Waals surface area contributed by atoms with Gasteiger partial charge in [-0.25, -0.2) is 4.79 Å². The smallest absolute Gasteiger partial charge is 0.333 e.